The molecule has 0 aliphatic carbocycles. The highest BCUT2D eigenvalue weighted by Gasteiger charge is 2.15. The Bertz CT molecular complexity index is 207. The molecule has 0 radical (unpaired) electrons. The number of oxazole rings is 1. The van der Waals surface area contributed by atoms with Crippen molar-refractivity contribution in [2.45, 2.75) is 20.1 Å². The average Bonchev–Trinajstić information content (AvgIpc) is 2.34. The van der Waals surface area contributed by atoms with Crippen molar-refractivity contribution in [2.75, 3.05) is 7.11 Å². The van der Waals surface area contributed by atoms with Gasteiger partial charge in [0.1, 0.15) is 0 Å². The molecule has 1 aromatic rings. The van der Waals surface area contributed by atoms with Crippen molar-refractivity contribution >= 4 is 0 Å². The molecule has 3 heteroatoms. The molecule has 0 fully saturated rings. The molecule has 10 heavy (non-hydrogen) atoms. The summed E-state index contributed by atoms with van der Waals surface area (Å²) >= 11 is 0. The first-order chi connectivity index (χ1) is 4.75. The van der Waals surface area contributed by atoms with E-state index in [4.69, 9.17) is 9.15 Å². The number of ether oxygens (including phenoxy) is 1. The van der Waals surface area contributed by atoms with Crippen LogP contribution in [0.4, 0.5) is 0 Å². The van der Waals surface area contributed by atoms with Gasteiger partial charge in [-0.25, -0.2) is 0 Å². The van der Waals surface area contributed by atoms with Crippen LogP contribution < -0.4 is 4.57 Å². The molecule has 0 saturated carbocycles. The van der Waals surface area contributed by atoms with Crippen molar-refractivity contribution in [3.8, 4) is 0 Å². The second-order valence-corrected chi connectivity index (χ2v) is 2.16. The first kappa shape index (κ1) is 7.28. The molecular weight excluding hydrogens is 130 g/mol. The normalized spacial score (nSPS) is 13.5. The van der Waals surface area contributed by atoms with E-state index in [1.165, 1.54) is 0 Å². The van der Waals surface area contributed by atoms with Gasteiger partial charge in [-0.2, -0.15) is 0 Å². The second-order valence-electron chi connectivity index (χ2n) is 2.16. The minimum Gasteiger partial charge on any atom is -0.410 e. The van der Waals surface area contributed by atoms with Crippen LogP contribution in [0.2, 0.25) is 0 Å². The van der Waals surface area contributed by atoms with E-state index < -0.39 is 0 Å². The zero-order chi connectivity index (χ0) is 7.56. The zero-order valence-electron chi connectivity index (χ0n) is 6.50. The Hall–Kier alpha value is -0.830. The van der Waals surface area contributed by atoms with Crippen LogP contribution in [0.25, 0.3) is 0 Å². The van der Waals surface area contributed by atoms with Crippen LogP contribution in [-0.2, 0) is 4.74 Å². The lowest BCUT2D eigenvalue weighted by Crippen LogP contribution is -2.39. The Morgan fingerprint density at radius 2 is 2.40 bits per heavy atom. The summed E-state index contributed by atoms with van der Waals surface area (Å²) in [5.74, 6) is 0.856. The number of aromatic nitrogens is 1. The van der Waals surface area contributed by atoms with Crippen LogP contribution >= 0.6 is 0 Å². The van der Waals surface area contributed by atoms with E-state index in [0.29, 0.717) is 0 Å². The van der Waals surface area contributed by atoms with Crippen LogP contribution in [0.5, 0.6) is 0 Å². The van der Waals surface area contributed by atoms with Gasteiger partial charge in [0, 0.05) is 14.0 Å². The summed E-state index contributed by atoms with van der Waals surface area (Å²) in [7, 11) is 1.67. The fourth-order valence-electron chi connectivity index (χ4n) is 0.851. The molecule has 0 N–H and O–H groups in total. The zero-order valence-corrected chi connectivity index (χ0v) is 6.50. The van der Waals surface area contributed by atoms with Crippen molar-refractivity contribution in [1.82, 2.24) is 0 Å². The molecule has 0 aliphatic heterocycles. The monoisotopic (exact) mass is 142 g/mol. The molecule has 0 aliphatic rings. The fraction of sp³-hybridized carbons (Fsp3) is 0.571. The molecule has 0 amide bonds. The minimum atomic E-state index is 0.0544. The molecule has 0 aromatic carbocycles. The predicted octanol–water partition coefficient (Wildman–Crippen LogP) is 1.04. The quantitative estimate of drug-likeness (QED) is 0.577. The van der Waals surface area contributed by atoms with E-state index in [-0.39, 0.29) is 6.23 Å². The number of hydrogen-bond donors (Lipinski definition) is 0. The Labute approximate surface area is 60.2 Å². The van der Waals surface area contributed by atoms with Gasteiger partial charge in [-0.05, 0) is 0 Å². The predicted molar refractivity (Wildman–Crippen MR) is 35.4 cm³/mol. The van der Waals surface area contributed by atoms with Crippen LogP contribution in [0, 0.1) is 6.92 Å². The number of aryl methyl sites for hydroxylation is 1. The lowest BCUT2D eigenvalue weighted by Gasteiger charge is -2.00. The Kier molecular flexibility index (Phi) is 2.06. The maximum absolute atomic E-state index is 5.08. The first-order valence-corrected chi connectivity index (χ1v) is 3.23. The molecule has 0 saturated heterocycles. The SMILES string of the molecule is COC(C)[n+]1ccoc1C. The minimum absolute atomic E-state index is 0.0544. The summed E-state index contributed by atoms with van der Waals surface area (Å²) < 4.78 is 12.1. The molecule has 3 nitrogen and oxygen atoms in total. The van der Waals surface area contributed by atoms with Gasteiger partial charge in [-0.3, -0.25) is 0 Å². The van der Waals surface area contributed by atoms with E-state index in [1.54, 1.807) is 13.4 Å². The molecule has 1 aromatic heterocycles. The number of methoxy groups -OCH3 is 1. The molecule has 1 heterocycles. The van der Waals surface area contributed by atoms with Crippen LogP contribution in [0.1, 0.15) is 19.0 Å². The van der Waals surface area contributed by atoms with Crippen molar-refractivity contribution in [3.63, 3.8) is 0 Å². The molecule has 1 atom stereocenters. The Balaban J connectivity index is 2.82. The van der Waals surface area contributed by atoms with E-state index in [2.05, 4.69) is 0 Å². The third kappa shape index (κ3) is 1.19. The summed E-state index contributed by atoms with van der Waals surface area (Å²) in [5.41, 5.74) is 0. The average molecular weight is 142 g/mol. The van der Waals surface area contributed by atoms with E-state index >= 15 is 0 Å². The molecular formula is C7H12NO2+. The Morgan fingerprint density at radius 1 is 1.70 bits per heavy atom. The first-order valence-electron chi connectivity index (χ1n) is 3.23. The third-order valence-corrected chi connectivity index (χ3v) is 1.56. The topological polar surface area (TPSA) is 26.2 Å². The maximum Gasteiger partial charge on any atom is 0.345 e. The molecule has 1 rings (SSSR count). The van der Waals surface area contributed by atoms with Crippen molar-refractivity contribution in [3.05, 3.63) is 18.4 Å². The smallest absolute Gasteiger partial charge is 0.345 e. The van der Waals surface area contributed by atoms with Crippen molar-refractivity contribution in [2.24, 2.45) is 0 Å². The van der Waals surface area contributed by atoms with Gasteiger partial charge < -0.3 is 9.15 Å². The lowest BCUT2D eigenvalue weighted by molar-refractivity contribution is -0.764. The van der Waals surface area contributed by atoms with Gasteiger partial charge >= 0.3 is 5.89 Å². The highest BCUT2D eigenvalue weighted by molar-refractivity contribution is 4.61. The molecule has 1 unspecified atom stereocenters. The molecule has 0 bridgehead atoms. The van der Waals surface area contributed by atoms with E-state index in [0.717, 1.165) is 5.89 Å². The van der Waals surface area contributed by atoms with Gasteiger partial charge in [0.15, 0.2) is 6.26 Å². The Morgan fingerprint density at radius 3 is 2.80 bits per heavy atom. The summed E-state index contributed by atoms with van der Waals surface area (Å²) in [5, 5.41) is 0. The maximum atomic E-state index is 5.08. The highest BCUT2D eigenvalue weighted by Crippen LogP contribution is 1.98. The number of hydrogen-bond acceptors (Lipinski definition) is 2. The van der Waals surface area contributed by atoms with Crippen molar-refractivity contribution in [1.29, 1.82) is 0 Å². The van der Waals surface area contributed by atoms with Gasteiger partial charge in [0.25, 0.3) is 6.23 Å². The van der Waals surface area contributed by atoms with E-state index in [9.17, 15) is 0 Å². The summed E-state index contributed by atoms with van der Waals surface area (Å²) in [6.07, 6.45) is 3.55. The van der Waals surface area contributed by atoms with Crippen LogP contribution in [0.3, 0.4) is 0 Å². The summed E-state index contributed by atoms with van der Waals surface area (Å²) in [6.45, 7) is 3.86. The lowest BCUT2D eigenvalue weighted by atomic mass is 10.6. The van der Waals surface area contributed by atoms with Gasteiger partial charge in [0.2, 0.25) is 6.20 Å². The standard InChI is InChI=1S/C7H12NO2/c1-6(9-3)8-4-5-10-7(8)2/h4-6H,1-3H3/q+1. The highest BCUT2D eigenvalue weighted by atomic mass is 16.5. The van der Waals surface area contributed by atoms with Gasteiger partial charge in [-0.15, -0.1) is 4.57 Å². The van der Waals surface area contributed by atoms with E-state index in [1.807, 2.05) is 24.6 Å². The van der Waals surface area contributed by atoms with Crippen molar-refractivity contribution < 1.29 is 13.7 Å². The third-order valence-electron chi connectivity index (χ3n) is 1.56. The fourth-order valence-corrected chi connectivity index (χ4v) is 0.851. The number of nitrogens with zero attached hydrogens (tertiary/aromatic N) is 1. The molecule has 0 spiro atoms. The largest absolute Gasteiger partial charge is 0.410 e. The summed E-state index contributed by atoms with van der Waals surface area (Å²) in [6, 6.07) is 0. The van der Waals surface area contributed by atoms with Gasteiger partial charge in [-0.1, -0.05) is 0 Å². The number of rotatable bonds is 2. The van der Waals surface area contributed by atoms with Gasteiger partial charge in [0.05, 0.1) is 6.92 Å². The molecule has 56 valence electrons. The second kappa shape index (κ2) is 2.84. The van der Waals surface area contributed by atoms with Crippen LogP contribution in [-0.4, -0.2) is 7.11 Å². The summed E-state index contributed by atoms with van der Waals surface area (Å²) in [4.78, 5) is 0. The van der Waals surface area contributed by atoms with Crippen LogP contribution in [0.15, 0.2) is 16.9 Å².